The second-order valence-electron chi connectivity index (χ2n) is 8.86. The van der Waals surface area contributed by atoms with E-state index in [1.165, 1.54) is 42.3 Å². The summed E-state index contributed by atoms with van der Waals surface area (Å²) < 4.78 is 34.0. The lowest BCUT2D eigenvalue weighted by Crippen LogP contribution is -2.58. The van der Waals surface area contributed by atoms with Crippen molar-refractivity contribution < 1.29 is 33.0 Å². The summed E-state index contributed by atoms with van der Waals surface area (Å²) in [6.45, 7) is -0.236. The first kappa shape index (κ1) is 26.4. The Balaban J connectivity index is 1.87. The van der Waals surface area contributed by atoms with Crippen molar-refractivity contribution in [3.8, 4) is 5.75 Å². The number of likely N-dealkylation sites (tertiary alicyclic amines) is 1. The fourth-order valence-corrected chi connectivity index (χ4v) is 6.91. The summed E-state index contributed by atoms with van der Waals surface area (Å²) in [5, 5.41) is 20.6. The maximum atomic E-state index is 14.7. The van der Waals surface area contributed by atoms with Gasteiger partial charge in [0.05, 0.1) is 23.9 Å². The molecular weight excluding hydrogens is 557 g/mol. The SMILES string of the molecule is COc1ccccc1C1(N2C[C@H](O)C[C@H]2C(=O)O)C(=O)N(S(=O)(=O)c2ccc(Cl)cn2)c2ccc(Cl)cc21. The number of β-amino-alcohol motifs (C(OH)–C–C–N with tert-alkyl or cyclic N) is 1. The molecule has 3 heterocycles. The smallest absolute Gasteiger partial charge is 0.321 e. The maximum absolute atomic E-state index is 14.7. The highest BCUT2D eigenvalue weighted by atomic mass is 35.5. The lowest BCUT2D eigenvalue weighted by atomic mass is 9.81. The van der Waals surface area contributed by atoms with Crippen molar-refractivity contribution in [2.45, 2.75) is 29.1 Å². The van der Waals surface area contributed by atoms with E-state index in [0.29, 0.717) is 4.31 Å². The number of halogens is 2. The predicted molar refractivity (Wildman–Crippen MR) is 138 cm³/mol. The van der Waals surface area contributed by atoms with Crippen molar-refractivity contribution in [3.63, 3.8) is 0 Å². The summed E-state index contributed by atoms with van der Waals surface area (Å²) >= 11 is 12.3. The van der Waals surface area contributed by atoms with Crippen LogP contribution in [-0.2, 0) is 25.2 Å². The number of methoxy groups -OCH3 is 1. The molecular formula is C25H21Cl2N3O7S. The molecule has 2 aromatic carbocycles. The number of benzene rings is 2. The summed E-state index contributed by atoms with van der Waals surface area (Å²) in [5.74, 6) is -2.06. The van der Waals surface area contributed by atoms with E-state index >= 15 is 0 Å². The van der Waals surface area contributed by atoms with E-state index < -0.39 is 44.6 Å². The summed E-state index contributed by atoms with van der Waals surface area (Å²) in [7, 11) is -3.24. The van der Waals surface area contributed by atoms with Gasteiger partial charge in [0.1, 0.15) is 11.8 Å². The Morgan fingerprint density at radius 1 is 1.11 bits per heavy atom. The molecule has 0 aliphatic carbocycles. The number of hydrogen-bond donors (Lipinski definition) is 2. The number of aliphatic carboxylic acids is 1. The average molecular weight is 578 g/mol. The minimum Gasteiger partial charge on any atom is -0.496 e. The van der Waals surface area contributed by atoms with Crippen LogP contribution in [0.1, 0.15) is 17.5 Å². The van der Waals surface area contributed by atoms with Crippen LogP contribution in [0.4, 0.5) is 5.69 Å². The van der Waals surface area contributed by atoms with Crippen molar-refractivity contribution in [2.75, 3.05) is 18.0 Å². The molecule has 0 saturated carbocycles. The molecule has 1 saturated heterocycles. The predicted octanol–water partition coefficient (Wildman–Crippen LogP) is 2.90. The number of carboxylic acids is 1. The zero-order chi connectivity index (χ0) is 27.4. The molecule has 13 heteroatoms. The number of sulfonamides is 1. The highest BCUT2D eigenvalue weighted by Gasteiger charge is 2.64. The van der Waals surface area contributed by atoms with E-state index in [4.69, 9.17) is 27.9 Å². The van der Waals surface area contributed by atoms with Gasteiger partial charge in [0.15, 0.2) is 10.6 Å². The Morgan fingerprint density at radius 2 is 1.82 bits per heavy atom. The van der Waals surface area contributed by atoms with Gasteiger partial charge in [-0.05, 0) is 36.4 Å². The molecule has 0 radical (unpaired) electrons. The van der Waals surface area contributed by atoms with Crippen LogP contribution in [0.25, 0.3) is 0 Å². The first-order valence-corrected chi connectivity index (χ1v) is 13.6. The molecule has 3 aromatic rings. The molecule has 1 unspecified atom stereocenters. The van der Waals surface area contributed by atoms with Gasteiger partial charge in [0.25, 0.3) is 15.9 Å². The highest BCUT2D eigenvalue weighted by molar-refractivity contribution is 7.93. The molecule has 10 nitrogen and oxygen atoms in total. The maximum Gasteiger partial charge on any atom is 0.321 e. The number of ether oxygens (including phenoxy) is 1. The van der Waals surface area contributed by atoms with Gasteiger partial charge in [-0.15, -0.1) is 0 Å². The number of carbonyl (C=O) groups excluding carboxylic acids is 1. The van der Waals surface area contributed by atoms with Crippen LogP contribution in [0.2, 0.25) is 10.0 Å². The fraction of sp³-hybridized carbons (Fsp3) is 0.240. The number of aliphatic hydroxyl groups excluding tert-OH is 1. The first-order chi connectivity index (χ1) is 18.0. The molecule has 2 aliphatic heterocycles. The van der Waals surface area contributed by atoms with Gasteiger partial charge >= 0.3 is 5.97 Å². The van der Waals surface area contributed by atoms with Crippen LogP contribution < -0.4 is 9.04 Å². The topological polar surface area (TPSA) is 137 Å². The van der Waals surface area contributed by atoms with Gasteiger partial charge in [0, 0.05) is 35.3 Å². The lowest BCUT2D eigenvalue weighted by molar-refractivity contribution is -0.145. The normalized spacial score (nSPS) is 23.5. The van der Waals surface area contributed by atoms with Gasteiger partial charge in [-0.3, -0.25) is 14.5 Å². The number of para-hydroxylation sites is 1. The molecule has 38 heavy (non-hydrogen) atoms. The molecule has 1 aromatic heterocycles. The summed E-state index contributed by atoms with van der Waals surface area (Å²) in [4.78, 5) is 32.3. The minimum atomic E-state index is -4.62. The Hall–Kier alpha value is -3.22. The number of anilines is 1. The van der Waals surface area contributed by atoms with Gasteiger partial charge in [-0.25, -0.2) is 4.98 Å². The molecule has 5 rings (SSSR count). The molecule has 0 spiro atoms. The zero-order valence-corrected chi connectivity index (χ0v) is 22.1. The first-order valence-electron chi connectivity index (χ1n) is 11.4. The van der Waals surface area contributed by atoms with Crippen molar-refractivity contribution in [2.24, 2.45) is 0 Å². The van der Waals surface area contributed by atoms with Crippen LogP contribution in [-0.4, -0.2) is 66.2 Å². The van der Waals surface area contributed by atoms with E-state index in [2.05, 4.69) is 4.98 Å². The van der Waals surface area contributed by atoms with E-state index in [0.717, 1.165) is 6.20 Å². The number of carboxylic acid groups (broad SMARTS) is 1. The Bertz CT molecular complexity index is 1550. The molecule has 1 amide bonds. The van der Waals surface area contributed by atoms with E-state index in [1.54, 1.807) is 24.3 Å². The third-order valence-electron chi connectivity index (χ3n) is 6.76. The molecule has 0 bridgehead atoms. The van der Waals surface area contributed by atoms with Crippen molar-refractivity contribution in [1.29, 1.82) is 0 Å². The Kier molecular flexibility index (Phi) is 6.60. The van der Waals surface area contributed by atoms with Gasteiger partial charge < -0.3 is 14.9 Å². The fourth-order valence-electron chi connectivity index (χ4n) is 5.25. The molecule has 2 N–H and O–H groups in total. The van der Waals surface area contributed by atoms with Gasteiger partial charge in [-0.2, -0.15) is 12.7 Å². The number of rotatable bonds is 6. The van der Waals surface area contributed by atoms with Crippen LogP contribution in [0, 0.1) is 0 Å². The molecule has 1 fully saturated rings. The van der Waals surface area contributed by atoms with Crippen molar-refractivity contribution in [3.05, 3.63) is 82.0 Å². The summed E-state index contributed by atoms with van der Waals surface area (Å²) in [6, 6.07) is 11.8. The van der Waals surface area contributed by atoms with Crippen molar-refractivity contribution >= 4 is 50.8 Å². The molecule has 3 atom stereocenters. The summed E-state index contributed by atoms with van der Waals surface area (Å²) in [5.41, 5.74) is -1.75. The number of nitrogens with zero attached hydrogens (tertiary/aromatic N) is 3. The Labute approximate surface area is 228 Å². The number of pyridine rings is 1. The molecule has 2 aliphatic rings. The van der Waals surface area contributed by atoms with E-state index in [9.17, 15) is 28.2 Å². The van der Waals surface area contributed by atoms with Gasteiger partial charge in [-0.1, -0.05) is 41.4 Å². The quantitative estimate of drug-likeness (QED) is 0.452. The highest BCUT2D eigenvalue weighted by Crippen LogP contribution is 2.54. The standard InChI is InChI=1S/C25H21Cl2N3O7S/c1-37-21-5-3-2-4-17(21)25(29-13-16(31)11-20(29)23(32)33)18-10-14(26)6-8-19(18)30(24(25)34)38(35,36)22-9-7-15(27)12-28-22/h2-10,12,16,20,31H,11,13H2,1H3,(H,32,33)/t16-,20+,25?/m1/s1. The lowest BCUT2D eigenvalue weighted by Gasteiger charge is -2.40. The van der Waals surface area contributed by atoms with Crippen LogP contribution in [0.3, 0.4) is 0 Å². The Morgan fingerprint density at radius 3 is 2.47 bits per heavy atom. The zero-order valence-electron chi connectivity index (χ0n) is 19.8. The number of fused-ring (bicyclic) bond motifs is 1. The number of hydrogen-bond acceptors (Lipinski definition) is 8. The number of amides is 1. The van der Waals surface area contributed by atoms with Crippen molar-refractivity contribution in [1.82, 2.24) is 9.88 Å². The van der Waals surface area contributed by atoms with Gasteiger partial charge in [0.2, 0.25) is 0 Å². The van der Waals surface area contributed by atoms with Crippen LogP contribution in [0.15, 0.2) is 65.8 Å². The third-order valence-corrected chi connectivity index (χ3v) is 8.83. The second-order valence-corrected chi connectivity index (χ2v) is 11.5. The van der Waals surface area contributed by atoms with Crippen LogP contribution in [0.5, 0.6) is 5.75 Å². The van der Waals surface area contributed by atoms with Crippen LogP contribution >= 0.6 is 23.2 Å². The number of aromatic nitrogens is 1. The monoisotopic (exact) mass is 577 g/mol. The number of aliphatic hydroxyl groups is 1. The van der Waals surface area contributed by atoms with E-state index in [1.807, 2.05) is 0 Å². The molecule has 198 valence electrons. The third kappa shape index (κ3) is 3.85. The second kappa shape index (κ2) is 9.51. The average Bonchev–Trinajstić information content (AvgIpc) is 3.39. The largest absolute Gasteiger partial charge is 0.496 e. The minimum absolute atomic E-state index is 0.0346. The van der Waals surface area contributed by atoms with E-state index in [-0.39, 0.29) is 45.6 Å². The number of carbonyl (C=O) groups is 2. The summed E-state index contributed by atoms with van der Waals surface area (Å²) in [6.07, 6.45) is -0.134.